The molecule has 0 aliphatic rings. The van der Waals surface area contributed by atoms with Gasteiger partial charge >= 0.3 is 0 Å². The number of carbonyl (C=O) groups excluding carboxylic acids is 2. The van der Waals surface area contributed by atoms with Crippen molar-refractivity contribution < 1.29 is 9.59 Å². The first-order chi connectivity index (χ1) is 9.12. The predicted molar refractivity (Wildman–Crippen MR) is 69.3 cm³/mol. The van der Waals surface area contributed by atoms with Gasteiger partial charge in [0.15, 0.2) is 5.69 Å². The molecule has 1 heterocycles. The van der Waals surface area contributed by atoms with Crippen LogP contribution in [0.2, 0.25) is 0 Å². The molecule has 0 saturated carbocycles. The second-order valence-corrected chi connectivity index (χ2v) is 4.06. The molecule has 3 N–H and O–H groups in total. The Kier molecular flexibility index (Phi) is 5.94. The normalized spacial score (nSPS) is 10.3. The SMILES string of the molecule is CCCN(CC(=O)NC)C(=O)c1cn(CCN)nn1. The van der Waals surface area contributed by atoms with Crippen molar-refractivity contribution in [1.29, 1.82) is 0 Å². The largest absolute Gasteiger partial charge is 0.358 e. The van der Waals surface area contributed by atoms with Crippen LogP contribution in [0.1, 0.15) is 23.8 Å². The van der Waals surface area contributed by atoms with Crippen molar-refractivity contribution in [2.24, 2.45) is 5.73 Å². The Bertz CT molecular complexity index is 431. The van der Waals surface area contributed by atoms with Gasteiger partial charge in [-0.3, -0.25) is 14.3 Å². The fourth-order valence-electron chi connectivity index (χ4n) is 1.57. The first kappa shape index (κ1) is 15.1. The number of nitrogens with zero attached hydrogens (tertiary/aromatic N) is 4. The van der Waals surface area contributed by atoms with Crippen molar-refractivity contribution >= 4 is 11.8 Å². The minimum Gasteiger partial charge on any atom is -0.358 e. The van der Waals surface area contributed by atoms with Gasteiger partial charge in [0.1, 0.15) is 0 Å². The Morgan fingerprint density at radius 2 is 2.26 bits per heavy atom. The number of hydrogen-bond acceptors (Lipinski definition) is 5. The topological polar surface area (TPSA) is 106 Å². The molecule has 8 nitrogen and oxygen atoms in total. The lowest BCUT2D eigenvalue weighted by Gasteiger charge is -2.19. The molecule has 1 aromatic heterocycles. The molecule has 0 aromatic carbocycles. The maximum atomic E-state index is 12.2. The second kappa shape index (κ2) is 7.47. The maximum Gasteiger partial charge on any atom is 0.276 e. The van der Waals surface area contributed by atoms with Crippen LogP contribution in [0.3, 0.4) is 0 Å². The summed E-state index contributed by atoms with van der Waals surface area (Å²) in [5.41, 5.74) is 5.63. The lowest BCUT2D eigenvalue weighted by molar-refractivity contribution is -0.121. The molecule has 0 aliphatic heterocycles. The van der Waals surface area contributed by atoms with Gasteiger partial charge in [0.25, 0.3) is 5.91 Å². The van der Waals surface area contributed by atoms with E-state index in [1.165, 1.54) is 16.6 Å². The summed E-state index contributed by atoms with van der Waals surface area (Å²) in [5, 5.41) is 10.1. The van der Waals surface area contributed by atoms with E-state index in [4.69, 9.17) is 5.73 Å². The average molecular weight is 268 g/mol. The van der Waals surface area contributed by atoms with Gasteiger partial charge in [0.05, 0.1) is 19.3 Å². The number of hydrogen-bond donors (Lipinski definition) is 2. The molecule has 0 unspecified atom stereocenters. The van der Waals surface area contributed by atoms with Crippen molar-refractivity contribution in [1.82, 2.24) is 25.2 Å². The van der Waals surface area contributed by atoms with Crippen LogP contribution in [-0.4, -0.2) is 58.4 Å². The van der Waals surface area contributed by atoms with Crippen molar-refractivity contribution in [2.75, 3.05) is 26.7 Å². The van der Waals surface area contributed by atoms with Crippen LogP contribution in [0.15, 0.2) is 6.20 Å². The molecule has 0 saturated heterocycles. The van der Waals surface area contributed by atoms with Crippen molar-refractivity contribution in [3.05, 3.63) is 11.9 Å². The quantitative estimate of drug-likeness (QED) is 0.648. The van der Waals surface area contributed by atoms with Crippen LogP contribution in [0.4, 0.5) is 0 Å². The molecule has 0 radical (unpaired) electrons. The molecule has 0 fully saturated rings. The van der Waals surface area contributed by atoms with Crippen LogP contribution in [-0.2, 0) is 11.3 Å². The number of carbonyl (C=O) groups is 2. The van der Waals surface area contributed by atoms with Gasteiger partial charge in [0, 0.05) is 20.1 Å². The molecule has 0 aliphatic carbocycles. The first-order valence-electron chi connectivity index (χ1n) is 6.22. The molecule has 19 heavy (non-hydrogen) atoms. The number of nitrogens with one attached hydrogen (secondary N) is 1. The zero-order valence-electron chi connectivity index (χ0n) is 11.3. The average Bonchev–Trinajstić information content (AvgIpc) is 2.86. The summed E-state index contributed by atoms with van der Waals surface area (Å²) in [7, 11) is 1.54. The van der Waals surface area contributed by atoms with E-state index in [1.54, 1.807) is 6.20 Å². The third kappa shape index (κ3) is 4.32. The molecule has 2 amide bonds. The van der Waals surface area contributed by atoms with Gasteiger partial charge in [-0.25, -0.2) is 0 Å². The monoisotopic (exact) mass is 268 g/mol. The van der Waals surface area contributed by atoms with E-state index in [0.717, 1.165) is 6.42 Å². The number of rotatable bonds is 7. The third-order valence-corrected chi connectivity index (χ3v) is 2.51. The summed E-state index contributed by atoms with van der Waals surface area (Å²) in [6, 6.07) is 0. The summed E-state index contributed by atoms with van der Waals surface area (Å²) >= 11 is 0. The number of amides is 2. The first-order valence-corrected chi connectivity index (χ1v) is 6.22. The standard InChI is InChI=1S/C11H20N6O2/c1-3-5-16(8-10(18)13-2)11(19)9-7-17(6-4-12)15-14-9/h7H,3-6,8,12H2,1-2H3,(H,13,18). The molecule has 106 valence electrons. The summed E-state index contributed by atoms with van der Waals surface area (Å²) < 4.78 is 1.51. The van der Waals surface area contributed by atoms with Crippen LogP contribution in [0, 0.1) is 0 Å². The molecular weight excluding hydrogens is 248 g/mol. The summed E-state index contributed by atoms with van der Waals surface area (Å²) in [5.74, 6) is -0.509. The molecule has 8 heteroatoms. The fraction of sp³-hybridized carbons (Fsp3) is 0.636. The van der Waals surface area contributed by atoms with Crippen LogP contribution in [0.5, 0.6) is 0 Å². The van der Waals surface area contributed by atoms with Crippen LogP contribution in [0.25, 0.3) is 0 Å². The highest BCUT2D eigenvalue weighted by atomic mass is 16.2. The second-order valence-electron chi connectivity index (χ2n) is 4.06. The summed E-state index contributed by atoms with van der Waals surface area (Å²) in [6.45, 7) is 3.38. The molecule has 1 rings (SSSR count). The number of nitrogens with two attached hydrogens (primary N) is 1. The Labute approximate surface area is 111 Å². The minimum absolute atomic E-state index is 0.0208. The van der Waals surface area contributed by atoms with Gasteiger partial charge in [0.2, 0.25) is 5.91 Å². The van der Waals surface area contributed by atoms with Gasteiger partial charge in [-0.05, 0) is 6.42 Å². The van der Waals surface area contributed by atoms with Crippen molar-refractivity contribution in [2.45, 2.75) is 19.9 Å². The van der Waals surface area contributed by atoms with Gasteiger partial charge < -0.3 is 16.0 Å². The van der Waals surface area contributed by atoms with Crippen LogP contribution >= 0.6 is 0 Å². The summed E-state index contributed by atoms with van der Waals surface area (Å²) in [6.07, 6.45) is 2.31. The zero-order valence-corrected chi connectivity index (χ0v) is 11.3. The zero-order chi connectivity index (χ0) is 14.3. The van der Waals surface area contributed by atoms with Crippen molar-refractivity contribution in [3.63, 3.8) is 0 Å². The third-order valence-electron chi connectivity index (χ3n) is 2.51. The Morgan fingerprint density at radius 1 is 1.53 bits per heavy atom. The van der Waals surface area contributed by atoms with Gasteiger partial charge in [-0.2, -0.15) is 0 Å². The summed E-state index contributed by atoms with van der Waals surface area (Å²) in [4.78, 5) is 25.0. The highest BCUT2D eigenvalue weighted by Crippen LogP contribution is 2.02. The van der Waals surface area contributed by atoms with E-state index in [2.05, 4.69) is 15.6 Å². The molecule has 0 bridgehead atoms. The lowest BCUT2D eigenvalue weighted by atomic mass is 10.3. The fourth-order valence-corrected chi connectivity index (χ4v) is 1.57. The van der Waals surface area contributed by atoms with E-state index in [-0.39, 0.29) is 24.1 Å². The number of likely N-dealkylation sites (N-methyl/N-ethyl adjacent to an activating group) is 1. The molecule has 1 aromatic rings. The van der Waals surface area contributed by atoms with E-state index in [0.29, 0.717) is 19.6 Å². The highest BCUT2D eigenvalue weighted by Gasteiger charge is 2.20. The van der Waals surface area contributed by atoms with E-state index >= 15 is 0 Å². The minimum atomic E-state index is -0.297. The van der Waals surface area contributed by atoms with E-state index in [1.807, 2.05) is 6.92 Å². The maximum absolute atomic E-state index is 12.2. The highest BCUT2D eigenvalue weighted by molar-refractivity contribution is 5.94. The van der Waals surface area contributed by atoms with Gasteiger partial charge in [-0.1, -0.05) is 12.1 Å². The van der Waals surface area contributed by atoms with E-state index < -0.39 is 0 Å². The van der Waals surface area contributed by atoms with Gasteiger partial charge in [-0.15, -0.1) is 5.10 Å². The lowest BCUT2D eigenvalue weighted by Crippen LogP contribution is -2.40. The van der Waals surface area contributed by atoms with Crippen LogP contribution < -0.4 is 11.1 Å². The molecule has 0 spiro atoms. The Morgan fingerprint density at radius 3 is 2.84 bits per heavy atom. The van der Waals surface area contributed by atoms with E-state index in [9.17, 15) is 9.59 Å². The Hall–Kier alpha value is -1.96. The molecular formula is C11H20N6O2. The molecule has 0 atom stereocenters. The van der Waals surface area contributed by atoms with Crippen molar-refractivity contribution in [3.8, 4) is 0 Å². The Balaban J connectivity index is 2.76. The predicted octanol–water partition coefficient (Wildman–Crippen LogP) is -1.16. The smallest absolute Gasteiger partial charge is 0.276 e. The number of aromatic nitrogens is 3.